The summed E-state index contributed by atoms with van der Waals surface area (Å²) in [4.78, 5) is 26.1. The number of hydrogen-bond acceptors (Lipinski definition) is 7. The molecule has 32 heavy (non-hydrogen) atoms. The first-order chi connectivity index (χ1) is 14.9. The molecule has 0 spiro atoms. The largest absolute Gasteiger partial charge is 0.414 e. The standard InChI is InChI=1S/C21H38N2O7Si2/c1-12(2)31(13(3)4)27-11-16-19(29-32(30-31,14(5)6)15(7)8)18(25)20(28-16)23-10-9-17(24)22-21(23)26/h9-10,12-16,18-20,25H,11H2,1-8H3,(H,22,24,26)/t16-,18-,19-,20-/m0/s1. The summed E-state index contributed by atoms with van der Waals surface area (Å²) in [6.07, 6.45) is -2.04. The molecule has 2 N–H and O–H groups in total. The third-order valence-electron chi connectivity index (χ3n) is 6.77. The lowest BCUT2D eigenvalue weighted by Gasteiger charge is -2.51. The number of aromatic nitrogens is 2. The number of rotatable bonds is 5. The molecule has 1 aromatic rings. The molecule has 0 radical (unpaired) electrons. The summed E-state index contributed by atoms with van der Waals surface area (Å²) in [5.74, 6) is 0. The number of fused-ring (bicyclic) bond motifs is 1. The van der Waals surface area contributed by atoms with Gasteiger partial charge in [-0.1, -0.05) is 55.4 Å². The summed E-state index contributed by atoms with van der Waals surface area (Å²) < 4.78 is 27.9. The fourth-order valence-corrected chi connectivity index (χ4v) is 16.2. The number of ether oxygens (including phenoxy) is 1. The average molecular weight is 487 g/mol. The zero-order chi connectivity index (χ0) is 24.0. The Bertz CT molecular complexity index is 898. The van der Waals surface area contributed by atoms with Crippen LogP contribution in [-0.2, 0) is 17.7 Å². The van der Waals surface area contributed by atoms with Crippen LogP contribution >= 0.6 is 0 Å². The lowest BCUT2D eigenvalue weighted by molar-refractivity contribution is -0.0600. The first-order valence-electron chi connectivity index (χ1n) is 11.5. The summed E-state index contributed by atoms with van der Waals surface area (Å²) in [6, 6.07) is 1.23. The monoisotopic (exact) mass is 486 g/mol. The Hall–Kier alpha value is -1.09. The first-order valence-corrected chi connectivity index (χ1v) is 15.5. The van der Waals surface area contributed by atoms with Crippen LogP contribution in [0.1, 0.15) is 61.6 Å². The summed E-state index contributed by atoms with van der Waals surface area (Å²) in [5, 5.41) is 11.2. The third kappa shape index (κ3) is 4.24. The van der Waals surface area contributed by atoms with Crippen molar-refractivity contribution in [2.24, 2.45) is 0 Å². The maximum absolute atomic E-state index is 12.4. The lowest BCUT2D eigenvalue weighted by Crippen LogP contribution is -2.65. The van der Waals surface area contributed by atoms with Crippen LogP contribution in [0.3, 0.4) is 0 Å². The van der Waals surface area contributed by atoms with E-state index in [1.54, 1.807) is 0 Å². The van der Waals surface area contributed by atoms with Crippen LogP contribution in [0.5, 0.6) is 0 Å². The van der Waals surface area contributed by atoms with Gasteiger partial charge in [-0.15, -0.1) is 0 Å². The molecule has 0 aromatic carbocycles. The van der Waals surface area contributed by atoms with Gasteiger partial charge in [0.1, 0.15) is 18.3 Å². The number of nitrogens with one attached hydrogen (secondary N) is 1. The predicted molar refractivity (Wildman–Crippen MR) is 125 cm³/mol. The van der Waals surface area contributed by atoms with Crippen molar-refractivity contribution in [2.45, 2.75) is 102 Å². The Labute approximate surface area is 191 Å². The van der Waals surface area contributed by atoms with Gasteiger partial charge in [-0.05, 0) is 22.2 Å². The van der Waals surface area contributed by atoms with Gasteiger partial charge in [0, 0.05) is 12.3 Å². The van der Waals surface area contributed by atoms with E-state index in [9.17, 15) is 14.7 Å². The van der Waals surface area contributed by atoms with Crippen molar-refractivity contribution in [3.63, 3.8) is 0 Å². The minimum absolute atomic E-state index is 0.108. The van der Waals surface area contributed by atoms with Gasteiger partial charge in [-0.2, -0.15) is 0 Å². The van der Waals surface area contributed by atoms with E-state index in [-0.39, 0.29) is 28.8 Å². The van der Waals surface area contributed by atoms with Crippen molar-refractivity contribution in [1.29, 1.82) is 0 Å². The molecule has 182 valence electrons. The number of aromatic amines is 1. The van der Waals surface area contributed by atoms with Crippen molar-refractivity contribution in [1.82, 2.24) is 9.55 Å². The molecule has 2 saturated heterocycles. The van der Waals surface area contributed by atoms with E-state index >= 15 is 0 Å². The highest BCUT2D eigenvalue weighted by Gasteiger charge is 2.61. The maximum Gasteiger partial charge on any atom is 0.335 e. The second-order valence-corrected chi connectivity index (χ2v) is 19.0. The molecule has 9 nitrogen and oxygen atoms in total. The Morgan fingerprint density at radius 3 is 2.06 bits per heavy atom. The summed E-state index contributed by atoms with van der Waals surface area (Å²) in [6.45, 7) is 17.2. The van der Waals surface area contributed by atoms with Crippen molar-refractivity contribution in [3.05, 3.63) is 33.1 Å². The quantitative estimate of drug-likeness (QED) is 0.616. The molecule has 0 unspecified atom stereocenters. The van der Waals surface area contributed by atoms with Gasteiger partial charge in [0.15, 0.2) is 6.23 Å². The van der Waals surface area contributed by atoms with Crippen LogP contribution in [0.25, 0.3) is 0 Å². The van der Waals surface area contributed by atoms with E-state index in [1.807, 2.05) is 0 Å². The maximum atomic E-state index is 12.4. The molecule has 0 bridgehead atoms. The smallest absolute Gasteiger partial charge is 0.335 e. The number of nitrogens with zero attached hydrogens (tertiary/aromatic N) is 1. The molecule has 4 atom stereocenters. The van der Waals surface area contributed by atoms with Crippen molar-refractivity contribution < 1.29 is 22.8 Å². The highest BCUT2D eigenvalue weighted by atomic mass is 28.5. The molecule has 1 aromatic heterocycles. The topological polar surface area (TPSA) is 112 Å². The normalized spacial score (nSPS) is 30.0. The lowest BCUT2D eigenvalue weighted by atomic mass is 10.1. The molecule has 0 amide bonds. The van der Waals surface area contributed by atoms with Crippen LogP contribution in [0.15, 0.2) is 21.9 Å². The highest BCUT2D eigenvalue weighted by Crippen LogP contribution is 2.48. The van der Waals surface area contributed by atoms with Gasteiger partial charge in [-0.3, -0.25) is 14.3 Å². The van der Waals surface area contributed by atoms with E-state index < -0.39 is 52.9 Å². The average Bonchev–Trinajstić information content (AvgIpc) is 2.96. The second-order valence-electron chi connectivity index (χ2n) is 10.1. The van der Waals surface area contributed by atoms with E-state index in [2.05, 4.69) is 60.4 Å². The molecule has 2 aliphatic heterocycles. The second kappa shape index (κ2) is 9.28. The molecule has 3 heterocycles. The minimum Gasteiger partial charge on any atom is -0.414 e. The Kier molecular flexibility index (Phi) is 7.40. The van der Waals surface area contributed by atoms with Gasteiger partial charge in [-0.25, -0.2) is 4.79 Å². The first kappa shape index (κ1) is 25.5. The van der Waals surface area contributed by atoms with E-state index in [0.717, 1.165) is 0 Å². The molecule has 0 saturated carbocycles. The fourth-order valence-electron chi connectivity index (χ4n) is 4.99. The zero-order valence-corrected chi connectivity index (χ0v) is 22.3. The number of aliphatic hydroxyl groups excluding tert-OH is 1. The van der Waals surface area contributed by atoms with Gasteiger partial charge < -0.3 is 22.8 Å². The van der Waals surface area contributed by atoms with Crippen molar-refractivity contribution >= 4 is 17.1 Å². The van der Waals surface area contributed by atoms with Crippen LogP contribution in [0, 0.1) is 0 Å². The van der Waals surface area contributed by atoms with Crippen LogP contribution in [0.2, 0.25) is 22.2 Å². The SMILES string of the molecule is CC(C)[Si]1(C(C)C)OC[C@@H]2O[C@H](n3ccc(=O)[nH]c3=O)[C@@H](O)[C@H]2O[Si](C(C)C)(C(C)C)O1. The Morgan fingerprint density at radius 2 is 1.56 bits per heavy atom. The van der Waals surface area contributed by atoms with Gasteiger partial charge in [0.25, 0.3) is 5.56 Å². The number of hydrogen-bond donors (Lipinski definition) is 2. The van der Waals surface area contributed by atoms with E-state index in [1.165, 1.54) is 16.8 Å². The predicted octanol–water partition coefficient (Wildman–Crippen LogP) is 2.75. The van der Waals surface area contributed by atoms with Crippen molar-refractivity contribution in [2.75, 3.05) is 6.61 Å². The van der Waals surface area contributed by atoms with Gasteiger partial charge in [0.05, 0.1) is 6.61 Å². The molecule has 11 heteroatoms. The Balaban J connectivity index is 2.08. The molecular weight excluding hydrogens is 448 g/mol. The molecule has 2 fully saturated rings. The molecule has 2 aliphatic rings. The molecule has 0 aliphatic carbocycles. The van der Waals surface area contributed by atoms with Crippen molar-refractivity contribution in [3.8, 4) is 0 Å². The summed E-state index contributed by atoms with van der Waals surface area (Å²) in [5.41, 5.74) is -0.551. The fraction of sp³-hybridized carbons (Fsp3) is 0.810. The van der Waals surface area contributed by atoms with Crippen LogP contribution < -0.4 is 11.2 Å². The van der Waals surface area contributed by atoms with Gasteiger partial charge in [0.2, 0.25) is 0 Å². The highest BCUT2D eigenvalue weighted by molar-refractivity contribution is 6.83. The van der Waals surface area contributed by atoms with Crippen LogP contribution in [0.4, 0.5) is 0 Å². The Morgan fingerprint density at radius 1 is 1.00 bits per heavy atom. The number of H-pyrrole nitrogens is 1. The summed E-state index contributed by atoms with van der Waals surface area (Å²) >= 11 is 0. The van der Waals surface area contributed by atoms with Gasteiger partial charge >= 0.3 is 22.8 Å². The minimum atomic E-state index is -2.91. The molecule has 3 rings (SSSR count). The van der Waals surface area contributed by atoms with E-state index in [4.69, 9.17) is 17.7 Å². The van der Waals surface area contributed by atoms with E-state index in [0.29, 0.717) is 0 Å². The number of aliphatic hydroxyl groups is 1. The molecular formula is C21H38N2O7Si2. The third-order valence-corrected chi connectivity index (χ3v) is 17.0. The van der Waals surface area contributed by atoms with Crippen LogP contribution in [-0.4, -0.2) is 56.7 Å². The zero-order valence-electron chi connectivity index (χ0n) is 20.3. The summed E-state index contributed by atoms with van der Waals surface area (Å²) in [7, 11) is -5.63.